The zero-order valence-corrected chi connectivity index (χ0v) is 77.2. The molecule has 0 unspecified atom stereocenters. The van der Waals surface area contributed by atoms with E-state index in [4.69, 9.17) is 18.9 Å². The molecule has 12 aromatic rings. The van der Waals surface area contributed by atoms with Crippen LogP contribution in [0.15, 0.2) is 334 Å². The topological polar surface area (TPSA) is 290 Å². The van der Waals surface area contributed by atoms with E-state index in [1.807, 2.05) is 189 Å². The summed E-state index contributed by atoms with van der Waals surface area (Å²) < 4.78 is 74.2. The Hall–Kier alpha value is -15.2. The smallest absolute Gasteiger partial charge is 0.302 e. The minimum atomic E-state index is -0.909. The monoisotopic (exact) mass is 1860 g/mol. The number of amides is 4. The predicted molar refractivity (Wildman–Crippen MR) is 516 cm³/mol. The molecule has 20 nitrogen and oxygen atoms in total. The Morgan fingerprint density at radius 3 is 0.599 bits per heavy atom. The number of halogens is 4. The van der Waals surface area contributed by atoms with Gasteiger partial charge in [-0.3, -0.25) is 57.5 Å². The average molecular weight is 1860 g/mol. The van der Waals surface area contributed by atoms with E-state index in [-0.39, 0.29) is 146 Å². The van der Waals surface area contributed by atoms with E-state index in [1.165, 1.54) is 100 Å². The summed E-state index contributed by atoms with van der Waals surface area (Å²) >= 11 is 0. The van der Waals surface area contributed by atoms with E-state index in [2.05, 4.69) is 21.3 Å². The molecule has 0 spiro atoms. The Labute approximate surface area is 796 Å². The number of benzene rings is 12. The molecule has 24 heteroatoms. The molecule has 710 valence electrons. The third-order valence-corrected chi connectivity index (χ3v) is 22.1. The number of carbonyl (C=O) groups is 12. The molecule has 8 atom stereocenters. The van der Waals surface area contributed by atoms with Gasteiger partial charge in [0.2, 0.25) is 0 Å². The maximum absolute atomic E-state index is 13.5. The van der Waals surface area contributed by atoms with Crippen LogP contribution in [0, 0.1) is 53.9 Å². The first kappa shape index (κ1) is 105. The molecular weight excluding hydrogens is 1750 g/mol. The van der Waals surface area contributed by atoms with Gasteiger partial charge in [-0.05, 0) is 200 Å². The largest absolute Gasteiger partial charge is 0.466 e. The fourth-order valence-corrected chi connectivity index (χ4v) is 15.0. The summed E-state index contributed by atoms with van der Waals surface area (Å²) in [7, 11) is 0. The summed E-state index contributed by atoms with van der Waals surface area (Å²) in [6.07, 6.45) is 3.79. The number of aryl methyl sites for hydroxylation is 1. The maximum atomic E-state index is 13.5. The lowest BCUT2D eigenvalue weighted by Gasteiger charge is -2.22. The van der Waals surface area contributed by atoms with Gasteiger partial charge in [0.15, 0.2) is 23.1 Å². The second-order valence-electron chi connectivity index (χ2n) is 33.5. The summed E-state index contributed by atoms with van der Waals surface area (Å²) in [5.41, 5.74) is 9.97. The molecule has 0 aromatic heterocycles. The number of hydrogen-bond acceptors (Lipinski definition) is 16. The van der Waals surface area contributed by atoms with Crippen molar-refractivity contribution >= 4 is 70.6 Å². The van der Waals surface area contributed by atoms with E-state index < -0.39 is 71.3 Å². The van der Waals surface area contributed by atoms with Crippen LogP contribution in [0.5, 0.6) is 0 Å². The summed E-state index contributed by atoms with van der Waals surface area (Å²) in [6.45, 7) is 7.79. The lowest BCUT2D eigenvalue weighted by molar-refractivity contribution is -0.143. The maximum Gasteiger partial charge on any atom is 0.302 e. The molecule has 0 aliphatic rings. The minimum Gasteiger partial charge on any atom is -0.466 e. The molecule has 0 aliphatic heterocycles. The van der Waals surface area contributed by atoms with Crippen molar-refractivity contribution in [3.05, 3.63) is 429 Å². The summed E-state index contributed by atoms with van der Waals surface area (Å²) in [6, 6.07) is 92.1. The number of ketones is 4. The molecule has 12 aromatic carbocycles. The highest BCUT2D eigenvalue weighted by Gasteiger charge is 2.32. The van der Waals surface area contributed by atoms with Crippen LogP contribution in [0.1, 0.15) is 145 Å². The summed E-state index contributed by atoms with van der Waals surface area (Å²) in [5, 5.41) is 11.3. The van der Waals surface area contributed by atoms with Gasteiger partial charge in [-0.1, -0.05) is 242 Å². The van der Waals surface area contributed by atoms with Crippen molar-refractivity contribution in [2.75, 3.05) is 26.4 Å². The Morgan fingerprint density at radius 2 is 0.387 bits per heavy atom. The van der Waals surface area contributed by atoms with E-state index in [0.29, 0.717) is 55.2 Å². The molecule has 0 saturated carbocycles. The van der Waals surface area contributed by atoms with Crippen LogP contribution in [-0.2, 0) is 109 Å². The lowest BCUT2D eigenvalue weighted by atomic mass is 9.90. The minimum absolute atomic E-state index is 0.0533. The highest BCUT2D eigenvalue weighted by atomic mass is 19.1. The second-order valence-corrected chi connectivity index (χ2v) is 33.5. The highest BCUT2D eigenvalue weighted by Crippen LogP contribution is 2.25. The molecule has 4 N–H and O–H groups in total. The first-order valence-corrected chi connectivity index (χ1v) is 45.2. The molecular formula is C113H114F4N4O16. The third kappa shape index (κ3) is 39.9. The van der Waals surface area contributed by atoms with Crippen LogP contribution in [-0.4, -0.2) is 121 Å². The molecule has 0 fully saturated rings. The number of nitrogens with one attached hydrogen (secondary N) is 4. The van der Waals surface area contributed by atoms with Crippen LogP contribution in [0.4, 0.5) is 17.6 Å². The van der Waals surface area contributed by atoms with Gasteiger partial charge >= 0.3 is 23.9 Å². The normalized spacial score (nSPS) is 12.4. The second kappa shape index (κ2) is 56.7. The number of ether oxygens (including phenoxy) is 4. The fourth-order valence-electron chi connectivity index (χ4n) is 15.0. The molecule has 0 aliphatic carbocycles. The SMILES string of the molecule is CC(=O)OC[C@@H](CC(=O)[C@H](Cc1ccc(F)cc1)NC(=O)c1ccc(F)cc1)Cc1ccccc1.CC(=O)OC[C@@H](CC(=O)[C@H](Cc1ccc(F)cc1)NC(=O)c1ccccc1)Cc1ccccc1.CC(=O)OC[C@@H](CC(=O)[C@H](Cc1ccccc1)NC(=O)c1ccc(F)cc1)Cc1ccccc1.CC(=O)OC[C@@H](CC(=O)[C@H](Cc1ccccc1)NC(=O)c1ccccc1)Cc1ccc(C)cc1. The molecule has 0 radical (unpaired) electrons. The molecule has 0 bridgehead atoms. The van der Waals surface area contributed by atoms with Gasteiger partial charge in [0, 0.05) is 99.3 Å². The molecule has 12 rings (SSSR count). The quantitative estimate of drug-likeness (QED) is 0.0157. The fraction of sp³-hybridized carbons (Fsp3) is 0.257. The van der Waals surface area contributed by atoms with Gasteiger partial charge in [-0.25, -0.2) is 17.6 Å². The molecule has 137 heavy (non-hydrogen) atoms. The van der Waals surface area contributed by atoms with Gasteiger partial charge in [0.25, 0.3) is 23.6 Å². The molecule has 0 saturated heterocycles. The number of esters is 4. The van der Waals surface area contributed by atoms with Gasteiger partial charge in [-0.15, -0.1) is 0 Å². The Bertz CT molecular complexity index is 5820. The van der Waals surface area contributed by atoms with Crippen LogP contribution in [0.25, 0.3) is 0 Å². The number of carbonyl (C=O) groups excluding carboxylic acids is 12. The first-order valence-electron chi connectivity index (χ1n) is 45.2. The highest BCUT2D eigenvalue weighted by molar-refractivity contribution is 6.01. The predicted octanol–water partition coefficient (Wildman–Crippen LogP) is 18.5. The Morgan fingerprint density at radius 1 is 0.219 bits per heavy atom. The summed E-state index contributed by atoms with van der Waals surface area (Å²) in [5.74, 6) is -6.60. The standard InChI is InChI=1S/C29H31NO4.C28H27F2NO4.2C28H28FNO4/c1-21-13-15-24(16-14-21)17-25(20-34-22(2)31)19-28(32)27(18-23-9-5-3-6-10-23)30-29(33)26-11-7-4-8-12-26;1-19(32)35-18-22(15-20-5-3-2-4-6-20)17-27(33)26(16-21-7-11-24(29)12-8-21)31-28(34)23-9-13-25(30)14-10-23;1-20(31)34-19-23(16-21-8-4-2-5-9-21)18-27(32)26(17-22-12-14-25(29)15-13-22)30-28(33)24-10-6-3-7-11-24;1-20(31)34-19-23(16-21-8-4-2-5-9-21)18-27(32)26(17-22-10-6-3-7-11-22)30-28(33)24-12-14-25(29)15-13-24/h3-16,25,27H,17-20H2,1-2H3,(H,30,33);2-14,22,26H,15-18H2,1H3,(H,31,34);2*2-15,23,26H,16-19H2,1H3,(H,30,33)/t25-,27+;22-,26+;2*23-,26+/m1111/s1. The van der Waals surface area contributed by atoms with Crippen molar-refractivity contribution in [2.24, 2.45) is 23.7 Å². The Kier molecular flexibility index (Phi) is 43.7. The van der Waals surface area contributed by atoms with E-state index in [0.717, 1.165) is 44.5 Å². The van der Waals surface area contributed by atoms with Gasteiger partial charge in [0.1, 0.15) is 23.3 Å². The average Bonchev–Trinajstić information content (AvgIpc) is 0.857. The first-order chi connectivity index (χ1) is 66.0. The van der Waals surface area contributed by atoms with Gasteiger partial charge in [-0.2, -0.15) is 0 Å². The van der Waals surface area contributed by atoms with Crippen molar-refractivity contribution in [1.82, 2.24) is 21.3 Å². The summed E-state index contributed by atoms with van der Waals surface area (Å²) in [4.78, 5) is 151. The zero-order chi connectivity index (χ0) is 98.2. The van der Waals surface area contributed by atoms with Crippen molar-refractivity contribution < 1.29 is 94.0 Å². The zero-order valence-electron chi connectivity index (χ0n) is 77.2. The molecule has 0 heterocycles. The number of hydrogen-bond donors (Lipinski definition) is 4. The third-order valence-electron chi connectivity index (χ3n) is 22.1. The number of rotatable bonds is 44. The van der Waals surface area contributed by atoms with Crippen molar-refractivity contribution in [2.45, 2.75) is 136 Å². The van der Waals surface area contributed by atoms with Crippen molar-refractivity contribution in [3.8, 4) is 0 Å². The molecule has 4 amide bonds. The van der Waals surface area contributed by atoms with Crippen LogP contribution in [0.2, 0.25) is 0 Å². The van der Waals surface area contributed by atoms with Gasteiger partial charge < -0.3 is 40.2 Å². The van der Waals surface area contributed by atoms with E-state index in [9.17, 15) is 75.1 Å². The lowest BCUT2D eigenvalue weighted by Crippen LogP contribution is -2.43. The van der Waals surface area contributed by atoms with Crippen LogP contribution < -0.4 is 21.3 Å². The van der Waals surface area contributed by atoms with Crippen molar-refractivity contribution in [3.63, 3.8) is 0 Å². The van der Waals surface area contributed by atoms with Gasteiger partial charge in [0.05, 0.1) is 50.6 Å². The number of Topliss-reactive ketones (excluding diaryl/α,β-unsaturated/α-hetero) is 4. The van der Waals surface area contributed by atoms with Crippen LogP contribution in [0.3, 0.4) is 0 Å². The Balaban J connectivity index is 0.000000205. The van der Waals surface area contributed by atoms with Crippen molar-refractivity contribution in [1.29, 1.82) is 0 Å². The van der Waals surface area contributed by atoms with Crippen LogP contribution >= 0.6 is 0 Å². The van der Waals surface area contributed by atoms with E-state index in [1.54, 1.807) is 78.9 Å². The van der Waals surface area contributed by atoms with E-state index >= 15 is 0 Å².